The molecule has 0 bridgehead atoms. The van der Waals surface area contributed by atoms with Crippen molar-refractivity contribution in [1.29, 1.82) is 0 Å². The van der Waals surface area contributed by atoms with Crippen LogP contribution in [0.4, 0.5) is 17.6 Å². The van der Waals surface area contributed by atoms with Crippen molar-refractivity contribution < 1.29 is 22.4 Å². The smallest absolute Gasteiger partial charge is 0.287 e. The van der Waals surface area contributed by atoms with Gasteiger partial charge in [-0.15, -0.1) is 0 Å². The van der Waals surface area contributed by atoms with Gasteiger partial charge in [-0.3, -0.25) is 4.79 Å². The molecule has 0 aliphatic rings. The Balaban J connectivity index is 3.64. The third-order valence-electron chi connectivity index (χ3n) is 1.79. The van der Waals surface area contributed by atoms with Gasteiger partial charge < -0.3 is 0 Å². The third kappa shape index (κ3) is 6.02. The van der Waals surface area contributed by atoms with Gasteiger partial charge in [0.2, 0.25) is 0 Å². The summed E-state index contributed by atoms with van der Waals surface area (Å²) >= 11 is 0.992. The summed E-state index contributed by atoms with van der Waals surface area (Å²) in [6.45, 7) is -0.292. The molecule has 0 saturated carbocycles. The number of carbonyl (C=O) groups excluding carboxylic acids is 1. The average molecular weight is 246 g/mol. The Hall–Kier alpha value is -0.260. The summed E-state index contributed by atoms with van der Waals surface area (Å²) in [5.74, 6) is -3.59. The van der Waals surface area contributed by atoms with Crippen LogP contribution in [-0.4, -0.2) is 29.6 Å². The minimum Gasteiger partial charge on any atom is -0.287 e. The van der Waals surface area contributed by atoms with E-state index in [4.69, 9.17) is 0 Å². The number of hydrogen-bond donors (Lipinski definition) is 0. The maximum atomic E-state index is 12.7. The molecule has 6 heteroatoms. The zero-order valence-corrected chi connectivity index (χ0v) is 9.26. The third-order valence-corrected chi connectivity index (χ3v) is 2.89. The lowest BCUT2D eigenvalue weighted by Gasteiger charge is -2.16. The molecule has 90 valence electrons. The molecule has 1 nitrogen and oxygen atoms in total. The summed E-state index contributed by atoms with van der Waals surface area (Å²) in [6, 6.07) is 0. The van der Waals surface area contributed by atoms with Crippen LogP contribution in [0.1, 0.15) is 26.2 Å². The van der Waals surface area contributed by atoms with Gasteiger partial charge in [0, 0.05) is 12.2 Å². The van der Waals surface area contributed by atoms with Crippen molar-refractivity contribution in [3.63, 3.8) is 0 Å². The van der Waals surface area contributed by atoms with Crippen molar-refractivity contribution in [2.75, 3.05) is 12.4 Å². The Labute approximate surface area is 90.6 Å². The first kappa shape index (κ1) is 14.7. The zero-order valence-electron chi connectivity index (χ0n) is 8.44. The first-order chi connectivity index (χ1) is 6.94. The maximum absolute atomic E-state index is 12.7. The van der Waals surface area contributed by atoms with Gasteiger partial charge in [-0.25, -0.2) is 17.6 Å². The summed E-state index contributed by atoms with van der Waals surface area (Å²) in [4.78, 5) is 10.8. The highest BCUT2D eigenvalue weighted by molar-refractivity contribution is 8.13. The fraction of sp³-hybridized carbons (Fsp3) is 0.889. The molecule has 0 rings (SSSR count). The van der Waals surface area contributed by atoms with E-state index in [0.29, 0.717) is 12.2 Å². The zero-order chi connectivity index (χ0) is 11.9. The molecule has 0 aliphatic heterocycles. The van der Waals surface area contributed by atoms with E-state index in [1.165, 1.54) is 0 Å². The molecule has 0 spiro atoms. The van der Waals surface area contributed by atoms with Crippen molar-refractivity contribution in [2.45, 2.75) is 38.3 Å². The minimum atomic E-state index is -3.89. The quantitative estimate of drug-likeness (QED) is 0.506. The Kier molecular flexibility index (Phi) is 6.96. The molecule has 1 unspecified atom stereocenters. The van der Waals surface area contributed by atoms with Gasteiger partial charge in [-0.2, -0.15) is 0 Å². The number of thioether (sulfide) groups is 1. The molecule has 15 heavy (non-hydrogen) atoms. The lowest BCUT2D eigenvalue weighted by Crippen LogP contribution is -2.32. The predicted molar refractivity (Wildman–Crippen MR) is 52.8 cm³/mol. The van der Waals surface area contributed by atoms with Crippen LogP contribution in [-0.2, 0) is 4.79 Å². The van der Waals surface area contributed by atoms with Crippen molar-refractivity contribution in [2.24, 2.45) is 0 Å². The molecule has 0 radical (unpaired) electrons. The molecule has 0 aromatic carbocycles. The van der Waals surface area contributed by atoms with E-state index < -0.39 is 25.2 Å². The van der Waals surface area contributed by atoms with Crippen LogP contribution in [0.25, 0.3) is 0 Å². The standard InChI is InChI=1S/C9H14F4OS/c1-2-8(14)15-5-3-4-7(11)9(12,13)6-10/h7H,2-6H2,1H3. The number of hydrogen-bond acceptors (Lipinski definition) is 2. The second kappa shape index (κ2) is 7.09. The van der Waals surface area contributed by atoms with E-state index in [-0.39, 0.29) is 11.5 Å². The summed E-state index contributed by atoms with van der Waals surface area (Å²) in [7, 11) is 0. The Morgan fingerprint density at radius 1 is 1.47 bits per heavy atom. The van der Waals surface area contributed by atoms with Gasteiger partial charge in [0.1, 0.15) is 0 Å². The van der Waals surface area contributed by atoms with E-state index in [0.717, 1.165) is 11.8 Å². The van der Waals surface area contributed by atoms with Crippen LogP contribution in [0, 0.1) is 0 Å². The van der Waals surface area contributed by atoms with Crippen LogP contribution in [0.2, 0.25) is 0 Å². The molecule has 0 aromatic rings. The summed E-state index contributed by atoms with van der Waals surface area (Å²) in [5.41, 5.74) is 0. The van der Waals surface area contributed by atoms with Gasteiger partial charge in [0.15, 0.2) is 18.0 Å². The molecular weight excluding hydrogens is 232 g/mol. The van der Waals surface area contributed by atoms with Crippen LogP contribution in [0.5, 0.6) is 0 Å². The van der Waals surface area contributed by atoms with Crippen molar-refractivity contribution in [3.8, 4) is 0 Å². The van der Waals surface area contributed by atoms with Gasteiger partial charge in [0.05, 0.1) is 0 Å². The fourth-order valence-corrected chi connectivity index (χ4v) is 1.59. The largest absolute Gasteiger partial charge is 0.306 e. The van der Waals surface area contributed by atoms with E-state index in [1.54, 1.807) is 6.92 Å². The highest BCUT2D eigenvalue weighted by atomic mass is 32.2. The van der Waals surface area contributed by atoms with E-state index in [2.05, 4.69) is 0 Å². The van der Waals surface area contributed by atoms with Crippen LogP contribution in [0.3, 0.4) is 0 Å². The number of halogens is 4. The lowest BCUT2D eigenvalue weighted by atomic mass is 10.1. The maximum Gasteiger partial charge on any atom is 0.306 e. The van der Waals surface area contributed by atoms with E-state index >= 15 is 0 Å². The molecular formula is C9H14F4OS. The molecule has 0 heterocycles. The molecule has 0 aromatic heterocycles. The lowest BCUT2D eigenvalue weighted by molar-refractivity contribution is -0.110. The van der Waals surface area contributed by atoms with Gasteiger partial charge in [-0.1, -0.05) is 18.7 Å². The molecule has 0 amide bonds. The first-order valence-corrected chi connectivity index (χ1v) is 5.66. The van der Waals surface area contributed by atoms with Crippen LogP contribution < -0.4 is 0 Å². The topological polar surface area (TPSA) is 17.1 Å². The van der Waals surface area contributed by atoms with Crippen LogP contribution >= 0.6 is 11.8 Å². The molecule has 0 aliphatic carbocycles. The normalized spacial score (nSPS) is 13.9. The highest BCUT2D eigenvalue weighted by Gasteiger charge is 2.39. The predicted octanol–water partition coefficient (Wildman–Crippen LogP) is 3.38. The molecule has 0 fully saturated rings. The SMILES string of the molecule is CCC(=O)SCCCC(F)C(F)(F)CF. The Bertz CT molecular complexity index is 199. The van der Waals surface area contributed by atoms with Crippen LogP contribution in [0.15, 0.2) is 0 Å². The fourth-order valence-electron chi connectivity index (χ4n) is 0.845. The van der Waals surface area contributed by atoms with Gasteiger partial charge in [-0.05, 0) is 12.8 Å². The van der Waals surface area contributed by atoms with Crippen molar-refractivity contribution in [1.82, 2.24) is 0 Å². The van der Waals surface area contributed by atoms with Gasteiger partial charge >= 0.3 is 5.92 Å². The summed E-state index contributed by atoms with van der Waals surface area (Å²) in [6.07, 6.45) is -2.36. The molecule has 0 saturated heterocycles. The van der Waals surface area contributed by atoms with E-state index in [9.17, 15) is 22.4 Å². The summed E-state index contributed by atoms with van der Waals surface area (Å²) in [5, 5.41) is -0.0531. The second-order valence-corrected chi connectivity index (χ2v) is 4.23. The van der Waals surface area contributed by atoms with Gasteiger partial charge in [0.25, 0.3) is 0 Å². The van der Waals surface area contributed by atoms with Crippen molar-refractivity contribution in [3.05, 3.63) is 0 Å². The second-order valence-electron chi connectivity index (χ2n) is 3.08. The highest BCUT2D eigenvalue weighted by Crippen LogP contribution is 2.26. The summed E-state index contributed by atoms with van der Waals surface area (Å²) < 4.78 is 49.1. The Morgan fingerprint density at radius 2 is 2.07 bits per heavy atom. The average Bonchev–Trinajstić information content (AvgIpc) is 2.23. The van der Waals surface area contributed by atoms with E-state index in [1.807, 2.05) is 0 Å². The van der Waals surface area contributed by atoms with Crippen molar-refractivity contribution >= 4 is 16.9 Å². The molecule has 1 atom stereocenters. The monoisotopic (exact) mass is 246 g/mol. The Morgan fingerprint density at radius 3 is 2.53 bits per heavy atom. The first-order valence-electron chi connectivity index (χ1n) is 4.67. The number of rotatable bonds is 7. The molecule has 0 N–H and O–H groups in total. The number of alkyl halides is 4. The minimum absolute atomic E-state index is 0.0531. The number of carbonyl (C=O) groups is 1.